The van der Waals surface area contributed by atoms with Crippen molar-refractivity contribution in [3.05, 3.63) is 11.8 Å². The Bertz CT molecular complexity index is 259. The highest BCUT2D eigenvalue weighted by Gasteiger charge is 2.08. The number of allylic oxidation sites excluding steroid dienone is 2. The van der Waals surface area contributed by atoms with Crippen LogP contribution in [-0.4, -0.2) is 30.2 Å². The van der Waals surface area contributed by atoms with Gasteiger partial charge in [-0.15, -0.1) is 0 Å². The van der Waals surface area contributed by atoms with Crippen LogP contribution in [0.5, 0.6) is 0 Å². The first-order chi connectivity index (χ1) is 7.02. The maximum atomic E-state index is 10.9. The lowest BCUT2D eigenvalue weighted by Crippen LogP contribution is -2.38. The topological polar surface area (TPSA) is 56.2 Å². The van der Waals surface area contributed by atoms with E-state index in [9.17, 15) is 4.79 Å². The SMILES string of the molecule is CC/C=C(\CC)NCN(C)C(=N)C(C)=O. The molecule has 4 nitrogen and oxygen atoms in total. The lowest BCUT2D eigenvalue weighted by molar-refractivity contribution is -0.111. The van der Waals surface area contributed by atoms with Gasteiger partial charge in [-0.1, -0.05) is 19.9 Å². The molecular formula is C11H21N3O. The molecule has 0 spiro atoms. The molecule has 0 heterocycles. The number of hydrogen-bond donors (Lipinski definition) is 2. The second-order valence-corrected chi connectivity index (χ2v) is 3.43. The molecule has 0 amide bonds. The lowest BCUT2D eigenvalue weighted by Gasteiger charge is -2.20. The van der Waals surface area contributed by atoms with E-state index in [0.29, 0.717) is 6.67 Å². The van der Waals surface area contributed by atoms with E-state index in [4.69, 9.17) is 5.41 Å². The molecule has 0 aliphatic carbocycles. The van der Waals surface area contributed by atoms with Gasteiger partial charge in [0.1, 0.15) is 0 Å². The van der Waals surface area contributed by atoms with Crippen LogP contribution in [0, 0.1) is 5.41 Å². The smallest absolute Gasteiger partial charge is 0.194 e. The van der Waals surface area contributed by atoms with E-state index in [0.717, 1.165) is 18.5 Å². The van der Waals surface area contributed by atoms with Gasteiger partial charge in [0, 0.05) is 19.7 Å². The maximum absolute atomic E-state index is 10.9. The number of likely N-dealkylation sites (N-methyl/N-ethyl adjacent to an activating group) is 1. The lowest BCUT2D eigenvalue weighted by atomic mass is 10.3. The van der Waals surface area contributed by atoms with Crippen LogP contribution in [0.1, 0.15) is 33.6 Å². The van der Waals surface area contributed by atoms with Crippen molar-refractivity contribution in [1.29, 1.82) is 5.41 Å². The third kappa shape index (κ3) is 5.20. The summed E-state index contributed by atoms with van der Waals surface area (Å²) in [6.07, 6.45) is 4.05. The van der Waals surface area contributed by atoms with Crippen LogP contribution in [0.3, 0.4) is 0 Å². The van der Waals surface area contributed by atoms with Gasteiger partial charge in [-0.3, -0.25) is 10.2 Å². The molecule has 0 saturated heterocycles. The number of ketones is 1. The van der Waals surface area contributed by atoms with Crippen molar-refractivity contribution in [2.45, 2.75) is 33.6 Å². The fraction of sp³-hybridized carbons (Fsp3) is 0.636. The molecule has 2 N–H and O–H groups in total. The van der Waals surface area contributed by atoms with E-state index in [-0.39, 0.29) is 11.6 Å². The number of carbonyl (C=O) groups is 1. The molecule has 0 unspecified atom stereocenters. The second kappa shape index (κ2) is 7.04. The molecule has 0 fully saturated rings. The van der Waals surface area contributed by atoms with E-state index < -0.39 is 0 Å². The summed E-state index contributed by atoms with van der Waals surface area (Å²) >= 11 is 0. The first-order valence-corrected chi connectivity index (χ1v) is 5.26. The molecule has 86 valence electrons. The average molecular weight is 211 g/mol. The summed E-state index contributed by atoms with van der Waals surface area (Å²) in [5.41, 5.74) is 1.15. The summed E-state index contributed by atoms with van der Waals surface area (Å²) in [4.78, 5) is 12.5. The largest absolute Gasteiger partial charge is 0.371 e. The Kier molecular flexibility index (Phi) is 6.42. The van der Waals surface area contributed by atoms with Crippen molar-refractivity contribution in [3.63, 3.8) is 0 Å². The summed E-state index contributed by atoms with van der Waals surface area (Å²) in [5, 5.41) is 10.7. The van der Waals surface area contributed by atoms with Crippen molar-refractivity contribution in [2.75, 3.05) is 13.7 Å². The predicted octanol–water partition coefficient (Wildman–Crippen LogP) is 1.74. The highest BCUT2D eigenvalue weighted by molar-refractivity contribution is 6.36. The Balaban J connectivity index is 4.09. The molecule has 0 aromatic carbocycles. The van der Waals surface area contributed by atoms with Crippen LogP contribution in [0.4, 0.5) is 0 Å². The van der Waals surface area contributed by atoms with Gasteiger partial charge in [0.2, 0.25) is 0 Å². The van der Waals surface area contributed by atoms with E-state index in [1.165, 1.54) is 6.92 Å². The zero-order valence-corrected chi connectivity index (χ0v) is 10.1. The molecule has 4 heteroatoms. The number of nitrogens with zero attached hydrogens (tertiary/aromatic N) is 1. The minimum atomic E-state index is -0.211. The summed E-state index contributed by atoms with van der Waals surface area (Å²) in [7, 11) is 1.73. The van der Waals surface area contributed by atoms with Gasteiger partial charge < -0.3 is 10.2 Å². The van der Waals surface area contributed by atoms with Gasteiger partial charge in [0.15, 0.2) is 11.6 Å². The van der Waals surface area contributed by atoms with Crippen molar-refractivity contribution >= 4 is 11.6 Å². The molecule has 0 rings (SSSR count). The molecule has 0 radical (unpaired) electrons. The van der Waals surface area contributed by atoms with Gasteiger partial charge in [0.25, 0.3) is 0 Å². The Hall–Kier alpha value is -1.32. The fourth-order valence-corrected chi connectivity index (χ4v) is 1.16. The number of rotatable bonds is 6. The van der Waals surface area contributed by atoms with Crippen LogP contribution in [-0.2, 0) is 4.79 Å². The first kappa shape index (κ1) is 13.7. The standard InChI is InChI=1S/C11H21N3O/c1-5-7-10(6-2)13-8-14(4)11(12)9(3)15/h7,12-13H,5-6,8H2,1-4H3/b10-7+,12-11?. The molecule has 0 aliphatic heterocycles. The maximum Gasteiger partial charge on any atom is 0.194 e. The van der Waals surface area contributed by atoms with Crippen molar-refractivity contribution in [2.24, 2.45) is 0 Å². The average Bonchev–Trinajstić information content (AvgIpc) is 2.22. The zero-order chi connectivity index (χ0) is 11.8. The second-order valence-electron chi connectivity index (χ2n) is 3.43. The fourth-order valence-electron chi connectivity index (χ4n) is 1.16. The number of amidine groups is 1. The van der Waals surface area contributed by atoms with Crippen LogP contribution >= 0.6 is 0 Å². The Morgan fingerprint density at radius 3 is 2.47 bits per heavy atom. The Morgan fingerprint density at radius 2 is 2.07 bits per heavy atom. The zero-order valence-electron chi connectivity index (χ0n) is 10.1. The summed E-state index contributed by atoms with van der Waals surface area (Å²) < 4.78 is 0. The Labute approximate surface area is 91.9 Å². The number of nitrogens with one attached hydrogen (secondary N) is 2. The minimum absolute atomic E-state index is 0.0365. The monoisotopic (exact) mass is 211 g/mol. The molecular weight excluding hydrogens is 190 g/mol. The van der Waals surface area contributed by atoms with Gasteiger partial charge in [-0.25, -0.2) is 0 Å². The quantitative estimate of drug-likeness (QED) is 0.400. The molecule has 0 saturated carbocycles. The molecule has 15 heavy (non-hydrogen) atoms. The van der Waals surface area contributed by atoms with Gasteiger partial charge in [0.05, 0.1) is 6.67 Å². The highest BCUT2D eigenvalue weighted by Crippen LogP contribution is 1.97. The minimum Gasteiger partial charge on any atom is -0.371 e. The Morgan fingerprint density at radius 1 is 1.47 bits per heavy atom. The normalized spacial score (nSPS) is 11.1. The third-order valence-electron chi connectivity index (χ3n) is 2.09. The van der Waals surface area contributed by atoms with E-state index in [1.54, 1.807) is 11.9 Å². The molecule has 0 aliphatic rings. The third-order valence-corrected chi connectivity index (χ3v) is 2.09. The molecule has 0 aromatic rings. The number of hydrogen-bond acceptors (Lipinski definition) is 3. The number of Topliss-reactive ketones (excluding diaryl/α,β-unsaturated/α-hetero) is 1. The van der Waals surface area contributed by atoms with Crippen LogP contribution in [0.2, 0.25) is 0 Å². The molecule has 0 aromatic heterocycles. The first-order valence-electron chi connectivity index (χ1n) is 5.26. The van der Waals surface area contributed by atoms with Gasteiger partial charge in [-0.2, -0.15) is 0 Å². The van der Waals surface area contributed by atoms with E-state index >= 15 is 0 Å². The van der Waals surface area contributed by atoms with Crippen LogP contribution < -0.4 is 5.32 Å². The predicted molar refractivity (Wildman–Crippen MR) is 62.8 cm³/mol. The molecule has 0 atom stereocenters. The van der Waals surface area contributed by atoms with E-state index in [1.807, 2.05) is 0 Å². The van der Waals surface area contributed by atoms with Crippen molar-refractivity contribution in [1.82, 2.24) is 10.2 Å². The summed E-state index contributed by atoms with van der Waals surface area (Å²) in [5.74, 6) is -0.175. The van der Waals surface area contributed by atoms with Crippen molar-refractivity contribution < 1.29 is 4.79 Å². The van der Waals surface area contributed by atoms with Crippen LogP contribution in [0.15, 0.2) is 11.8 Å². The number of carbonyl (C=O) groups excluding carboxylic acids is 1. The van der Waals surface area contributed by atoms with Crippen LogP contribution in [0.25, 0.3) is 0 Å². The van der Waals surface area contributed by atoms with E-state index in [2.05, 4.69) is 25.2 Å². The highest BCUT2D eigenvalue weighted by atomic mass is 16.1. The summed E-state index contributed by atoms with van der Waals surface area (Å²) in [6, 6.07) is 0. The molecule has 0 bridgehead atoms. The van der Waals surface area contributed by atoms with Gasteiger partial charge in [-0.05, 0) is 12.8 Å². The summed E-state index contributed by atoms with van der Waals surface area (Å²) in [6.45, 7) is 6.06. The van der Waals surface area contributed by atoms with Crippen molar-refractivity contribution in [3.8, 4) is 0 Å². The van der Waals surface area contributed by atoms with Gasteiger partial charge >= 0.3 is 0 Å².